The van der Waals surface area contributed by atoms with Gasteiger partial charge in [-0.05, 0) is 43.3 Å². The van der Waals surface area contributed by atoms with Crippen molar-refractivity contribution in [2.45, 2.75) is 6.92 Å². The largest absolute Gasteiger partial charge is 0.282 e. The monoisotopic (exact) mass is 417 g/mol. The van der Waals surface area contributed by atoms with Crippen LogP contribution in [0.5, 0.6) is 0 Å². The highest BCUT2D eigenvalue weighted by atomic mass is 35.5. The number of anilines is 1. The first-order chi connectivity index (χ1) is 14.5. The number of benzene rings is 3. The summed E-state index contributed by atoms with van der Waals surface area (Å²) in [6.07, 6.45) is 1.44. The van der Waals surface area contributed by atoms with E-state index in [1.807, 2.05) is 37.3 Å². The Morgan fingerprint density at radius 1 is 1.00 bits per heavy atom. The van der Waals surface area contributed by atoms with E-state index in [1.165, 1.54) is 17.0 Å². The summed E-state index contributed by atoms with van der Waals surface area (Å²) in [6.45, 7) is 1.96. The topological polar surface area (TPSA) is 75.8 Å². The van der Waals surface area contributed by atoms with Crippen LogP contribution in [-0.2, 0) is 4.79 Å². The number of hydrogen-bond acceptors (Lipinski definition) is 4. The molecule has 0 radical (unpaired) electrons. The van der Waals surface area contributed by atoms with Gasteiger partial charge in [-0.15, -0.1) is 0 Å². The molecule has 0 aliphatic carbocycles. The maximum atomic E-state index is 13.3. The fourth-order valence-electron chi connectivity index (χ4n) is 3.20. The van der Waals surface area contributed by atoms with Gasteiger partial charge in [0.2, 0.25) is 0 Å². The minimum absolute atomic E-state index is 0.0962. The van der Waals surface area contributed by atoms with Gasteiger partial charge in [0, 0.05) is 11.6 Å². The van der Waals surface area contributed by atoms with Crippen molar-refractivity contribution in [1.82, 2.24) is 0 Å². The van der Waals surface area contributed by atoms with Crippen LogP contribution in [0.3, 0.4) is 0 Å². The van der Waals surface area contributed by atoms with Crippen LogP contribution < -0.4 is 4.90 Å². The average Bonchev–Trinajstić information content (AvgIpc) is 3.05. The summed E-state index contributed by atoms with van der Waals surface area (Å²) in [7, 11) is 0. The van der Waals surface area contributed by atoms with Gasteiger partial charge in [0.1, 0.15) is 11.5 Å². The van der Waals surface area contributed by atoms with Gasteiger partial charge in [0.05, 0.1) is 21.2 Å². The molecular weight excluding hydrogens is 402 g/mol. The van der Waals surface area contributed by atoms with E-state index in [1.54, 1.807) is 36.4 Å². The van der Waals surface area contributed by atoms with E-state index in [-0.39, 0.29) is 17.3 Å². The maximum absolute atomic E-state index is 13.3. The molecule has 148 valence electrons. The number of carbonyl (C=O) groups is 1. The molecule has 3 aromatic carbocycles. The smallest absolute Gasteiger partial charge is 0.266 e. The molecule has 4 rings (SSSR count). The first-order valence-corrected chi connectivity index (χ1v) is 9.53. The molecule has 0 fully saturated rings. The van der Waals surface area contributed by atoms with Crippen LogP contribution in [-0.4, -0.2) is 16.7 Å². The molecule has 1 aliphatic rings. The molecule has 6 nitrogen and oxygen atoms in total. The zero-order valence-corrected chi connectivity index (χ0v) is 16.7. The van der Waals surface area contributed by atoms with Crippen molar-refractivity contribution in [2.24, 2.45) is 4.99 Å². The fraction of sp³-hybridized carbons (Fsp3) is 0.0435. The highest BCUT2D eigenvalue weighted by Crippen LogP contribution is 2.31. The van der Waals surface area contributed by atoms with Crippen LogP contribution in [0.4, 0.5) is 11.4 Å². The number of nitro benzene ring substituents is 1. The van der Waals surface area contributed by atoms with Crippen LogP contribution >= 0.6 is 11.6 Å². The molecule has 0 spiro atoms. The van der Waals surface area contributed by atoms with Gasteiger partial charge in [0.15, 0.2) is 0 Å². The number of para-hydroxylation sites is 1. The summed E-state index contributed by atoms with van der Waals surface area (Å²) in [5.41, 5.74) is 2.59. The zero-order chi connectivity index (χ0) is 21.3. The standard InChI is InChI=1S/C23H16ClN3O3/c1-15-10-12-17(13-11-15)26-22(18-7-3-4-8-19(18)24)25-20(23(26)28)14-16-6-2-5-9-21(16)27(29)30/h2-14H,1H3/b20-14+. The summed E-state index contributed by atoms with van der Waals surface area (Å²) in [6, 6.07) is 20.8. The molecule has 0 saturated heterocycles. The van der Waals surface area contributed by atoms with Crippen LogP contribution in [0.2, 0.25) is 5.02 Å². The summed E-state index contributed by atoms with van der Waals surface area (Å²) in [4.78, 5) is 30.2. The molecule has 0 bridgehead atoms. The van der Waals surface area contributed by atoms with Gasteiger partial charge in [-0.3, -0.25) is 19.8 Å². The SMILES string of the molecule is Cc1ccc(N2C(=O)/C(=C\c3ccccc3[N+](=O)[O-])N=C2c2ccccc2Cl)cc1. The van der Waals surface area contributed by atoms with Crippen molar-refractivity contribution in [3.63, 3.8) is 0 Å². The van der Waals surface area contributed by atoms with Gasteiger partial charge in [-0.2, -0.15) is 0 Å². The molecule has 0 unspecified atom stereocenters. The van der Waals surface area contributed by atoms with Crippen molar-refractivity contribution in [1.29, 1.82) is 0 Å². The van der Waals surface area contributed by atoms with E-state index < -0.39 is 4.92 Å². The maximum Gasteiger partial charge on any atom is 0.282 e. The van der Waals surface area contributed by atoms with Gasteiger partial charge >= 0.3 is 0 Å². The van der Waals surface area contributed by atoms with E-state index in [2.05, 4.69) is 4.99 Å². The minimum atomic E-state index is -0.484. The van der Waals surface area contributed by atoms with E-state index in [0.29, 0.717) is 27.7 Å². The van der Waals surface area contributed by atoms with Crippen LogP contribution in [0.15, 0.2) is 83.5 Å². The molecular formula is C23H16ClN3O3. The first-order valence-electron chi connectivity index (χ1n) is 9.15. The first kappa shape index (κ1) is 19.5. The number of hydrogen-bond donors (Lipinski definition) is 0. The van der Waals surface area contributed by atoms with Crippen molar-refractivity contribution in [3.8, 4) is 0 Å². The van der Waals surface area contributed by atoms with Gasteiger partial charge < -0.3 is 0 Å². The Labute approximate surface area is 177 Å². The van der Waals surface area contributed by atoms with Crippen LogP contribution in [0.25, 0.3) is 6.08 Å². The number of nitrogens with zero attached hydrogens (tertiary/aromatic N) is 3. The summed E-state index contributed by atoms with van der Waals surface area (Å²) < 4.78 is 0. The second kappa shape index (κ2) is 7.93. The summed E-state index contributed by atoms with van der Waals surface area (Å²) in [5, 5.41) is 11.8. The lowest BCUT2D eigenvalue weighted by Gasteiger charge is -2.19. The number of carbonyl (C=O) groups excluding carboxylic acids is 1. The number of halogens is 1. The van der Waals surface area contributed by atoms with Crippen molar-refractivity contribution < 1.29 is 9.72 Å². The lowest BCUT2D eigenvalue weighted by atomic mass is 10.1. The Morgan fingerprint density at radius 3 is 2.37 bits per heavy atom. The highest BCUT2D eigenvalue weighted by molar-refractivity contribution is 6.39. The number of rotatable bonds is 4. The predicted octanol–water partition coefficient (Wildman–Crippen LogP) is 5.39. The van der Waals surface area contributed by atoms with Crippen molar-refractivity contribution >= 4 is 40.8 Å². The number of aryl methyl sites for hydroxylation is 1. The number of nitro groups is 1. The molecule has 1 aliphatic heterocycles. The van der Waals surface area contributed by atoms with E-state index >= 15 is 0 Å². The van der Waals surface area contributed by atoms with Gasteiger partial charge in [-0.1, -0.05) is 53.6 Å². The number of aliphatic imine (C=N–C) groups is 1. The van der Waals surface area contributed by atoms with Crippen molar-refractivity contribution in [3.05, 3.63) is 110 Å². The lowest BCUT2D eigenvalue weighted by Crippen LogP contribution is -2.32. The van der Waals surface area contributed by atoms with E-state index in [9.17, 15) is 14.9 Å². The average molecular weight is 418 g/mol. The molecule has 7 heteroatoms. The Kier molecular flexibility index (Phi) is 5.16. The summed E-state index contributed by atoms with van der Waals surface area (Å²) >= 11 is 6.38. The van der Waals surface area contributed by atoms with E-state index in [4.69, 9.17) is 11.6 Å². The van der Waals surface area contributed by atoms with Crippen molar-refractivity contribution in [2.75, 3.05) is 4.90 Å². The van der Waals surface area contributed by atoms with Crippen LogP contribution in [0.1, 0.15) is 16.7 Å². The highest BCUT2D eigenvalue weighted by Gasteiger charge is 2.33. The summed E-state index contributed by atoms with van der Waals surface area (Å²) in [5.74, 6) is -0.00814. The molecule has 3 aromatic rings. The normalized spacial score (nSPS) is 14.9. The second-order valence-electron chi connectivity index (χ2n) is 6.74. The number of amides is 1. The minimum Gasteiger partial charge on any atom is -0.266 e. The third-order valence-electron chi connectivity index (χ3n) is 4.69. The number of amidine groups is 1. The Morgan fingerprint density at radius 2 is 1.67 bits per heavy atom. The Balaban J connectivity index is 1.88. The molecule has 1 heterocycles. The third-order valence-corrected chi connectivity index (χ3v) is 5.02. The molecule has 1 amide bonds. The third kappa shape index (κ3) is 3.60. The van der Waals surface area contributed by atoms with Crippen LogP contribution in [0, 0.1) is 17.0 Å². The second-order valence-corrected chi connectivity index (χ2v) is 7.14. The lowest BCUT2D eigenvalue weighted by molar-refractivity contribution is -0.385. The predicted molar refractivity (Wildman–Crippen MR) is 118 cm³/mol. The Bertz CT molecular complexity index is 1220. The quantitative estimate of drug-likeness (QED) is 0.324. The molecule has 0 atom stereocenters. The molecule has 30 heavy (non-hydrogen) atoms. The fourth-order valence-corrected chi connectivity index (χ4v) is 3.42. The molecule has 0 aromatic heterocycles. The molecule has 0 saturated carbocycles. The van der Waals surface area contributed by atoms with Gasteiger partial charge in [0.25, 0.3) is 11.6 Å². The van der Waals surface area contributed by atoms with Gasteiger partial charge in [-0.25, -0.2) is 4.99 Å². The zero-order valence-electron chi connectivity index (χ0n) is 15.9. The molecule has 0 N–H and O–H groups in total. The Hall–Kier alpha value is -3.77. The van der Waals surface area contributed by atoms with E-state index in [0.717, 1.165) is 5.56 Å².